The third-order valence-electron chi connectivity index (χ3n) is 3.01. The van der Waals surface area contributed by atoms with Crippen LogP contribution in [0.3, 0.4) is 0 Å². The van der Waals surface area contributed by atoms with Crippen LogP contribution < -0.4 is 4.74 Å². The predicted molar refractivity (Wildman–Crippen MR) is 93.3 cm³/mol. The van der Waals surface area contributed by atoms with E-state index in [0.717, 1.165) is 16.3 Å². The quantitative estimate of drug-likeness (QED) is 0.723. The molecule has 2 rings (SSSR count). The first kappa shape index (κ1) is 17.3. The third-order valence-corrected chi connectivity index (χ3v) is 4.51. The van der Waals surface area contributed by atoms with E-state index in [4.69, 9.17) is 10.00 Å². The first-order valence-corrected chi connectivity index (χ1v) is 9.37. The maximum Gasteiger partial charge on any atom is 0.185 e. The molecule has 6 heteroatoms. The SMILES string of the molecule is CS(=O)(=O)/C(C#N)=C/c1cc(Br)ccc1OCc1ccccc1. The smallest absolute Gasteiger partial charge is 0.185 e. The van der Waals surface area contributed by atoms with Gasteiger partial charge in [-0.2, -0.15) is 5.26 Å². The molecule has 0 saturated heterocycles. The second-order valence-electron chi connectivity index (χ2n) is 4.85. The lowest BCUT2D eigenvalue weighted by Gasteiger charge is -2.10. The number of nitrogens with zero attached hydrogens (tertiary/aromatic N) is 1. The Kier molecular flexibility index (Phi) is 5.59. The van der Waals surface area contributed by atoms with Crippen LogP contribution in [0.4, 0.5) is 0 Å². The number of benzene rings is 2. The largest absolute Gasteiger partial charge is 0.488 e. The van der Waals surface area contributed by atoms with Gasteiger partial charge in [0.25, 0.3) is 0 Å². The van der Waals surface area contributed by atoms with Gasteiger partial charge < -0.3 is 4.74 Å². The van der Waals surface area contributed by atoms with Gasteiger partial charge in [0.2, 0.25) is 0 Å². The molecule has 0 N–H and O–H groups in total. The molecule has 0 atom stereocenters. The minimum Gasteiger partial charge on any atom is -0.488 e. The van der Waals surface area contributed by atoms with Crippen LogP contribution in [0.2, 0.25) is 0 Å². The topological polar surface area (TPSA) is 67.2 Å². The van der Waals surface area contributed by atoms with Gasteiger partial charge in [-0.25, -0.2) is 8.42 Å². The third kappa shape index (κ3) is 4.95. The molecule has 118 valence electrons. The summed E-state index contributed by atoms with van der Waals surface area (Å²) in [7, 11) is -3.58. The van der Waals surface area contributed by atoms with Crippen LogP contribution >= 0.6 is 15.9 Å². The van der Waals surface area contributed by atoms with Crippen molar-refractivity contribution >= 4 is 31.8 Å². The summed E-state index contributed by atoms with van der Waals surface area (Å²) < 4.78 is 29.7. The predicted octanol–water partition coefficient (Wildman–Crippen LogP) is 3.94. The van der Waals surface area contributed by atoms with Crippen molar-refractivity contribution in [2.24, 2.45) is 0 Å². The zero-order valence-electron chi connectivity index (χ0n) is 12.4. The van der Waals surface area contributed by atoms with Crippen molar-refractivity contribution in [3.8, 4) is 11.8 Å². The van der Waals surface area contributed by atoms with Crippen molar-refractivity contribution in [3.63, 3.8) is 0 Å². The number of hydrogen-bond acceptors (Lipinski definition) is 4. The Bertz CT molecular complexity index is 868. The highest BCUT2D eigenvalue weighted by Crippen LogP contribution is 2.27. The van der Waals surface area contributed by atoms with E-state index < -0.39 is 9.84 Å². The molecule has 0 heterocycles. The number of hydrogen-bond donors (Lipinski definition) is 0. The fraction of sp³-hybridized carbons (Fsp3) is 0.118. The van der Waals surface area contributed by atoms with E-state index in [1.165, 1.54) is 6.08 Å². The van der Waals surface area contributed by atoms with E-state index in [9.17, 15) is 8.42 Å². The van der Waals surface area contributed by atoms with Crippen LogP contribution in [0.5, 0.6) is 5.75 Å². The summed E-state index contributed by atoms with van der Waals surface area (Å²) in [6.45, 7) is 0.351. The Labute approximate surface area is 144 Å². The molecule has 0 amide bonds. The van der Waals surface area contributed by atoms with Gasteiger partial charge in [0, 0.05) is 16.3 Å². The monoisotopic (exact) mass is 391 g/mol. The molecule has 2 aromatic rings. The molecule has 0 aromatic heterocycles. The van der Waals surface area contributed by atoms with E-state index in [-0.39, 0.29) is 4.91 Å². The maximum atomic E-state index is 11.6. The van der Waals surface area contributed by atoms with Gasteiger partial charge in [0.15, 0.2) is 9.84 Å². The van der Waals surface area contributed by atoms with Crippen molar-refractivity contribution in [1.29, 1.82) is 5.26 Å². The lowest BCUT2D eigenvalue weighted by molar-refractivity contribution is 0.305. The average molecular weight is 392 g/mol. The first-order chi connectivity index (χ1) is 10.9. The van der Waals surface area contributed by atoms with Gasteiger partial charge in [-0.1, -0.05) is 46.3 Å². The Morgan fingerprint density at radius 1 is 1.26 bits per heavy atom. The lowest BCUT2D eigenvalue weighted by atomic mass is 10.2. The standard InChI is InChI=1S/C17H14BrNO3S/c1-23(20,21)16(11-19)10-14-9-15(18)7-8-17(14)22-12-13-5-3-2-4-6-13/h2-10H,12H2,1H3/b16-10+. The summed E-state index contributed by atoms with van der Waals surface area (Å²) in [5.41, 5.74) is 1.52. The first-order valence-electron chi connectivity index (χ1n) is 6.68. The molecule has 0 fully saturated rings. The number of allylic oxidation sites excluding steroid dienone is 1. The van der Waals surface area contributed by atoms with Crippen LogP contribution in [0.25, 0.3) is 6.08 Å². The minimum absolute atomic E-state index is 0.305. The van der Waals surface area contributed by atoms with Crippen LogP contribution in [-0.2, 0) is 16.4 Å². The van der Waals surface area contributed by atoms with Crippen LogP contribution in [0, 0.1) is 11.3 Å². The summed E-state index contributed by atoms with van der Waals surface area (Å²) in [6.07, 6.45) is 2.32. The molecule has 0 unspecified atom stereocenters. The van der Waals surface area contributed by atoms with E-state index >= 15 is 0 Å². The molecule has 0 bridgehead atoms. The molecule has 4 nitrogen and oxygen atoms in total. The number of ether oxygens (including phenoxy) is 1. The fourth-order valence-electron chi connectivity index (χ4n) is 1.86. The minimum atomic E-state index is -3.58. The van der Waals surface area contributed by atoms with Gasteiger partial charge >= 0.3 is 0 Å². The van der Waals surface area contributed by atoms with E-state index in [1.54, 1.807) is 24.3 Å². The van der Waals surface area contributed by atoms with E-state index in [2.05, 4.69) is 15.9 Å². The number of rotatable bonds is 5. The molecule has 0 aliphatic carbocycles. The summed E-state index contributed by atoms with van der Waals surface area (Å²) in [5.74, 6) is 0.508. The van der Waals surface area contributed by atoms with Crippen molar-refractivity contribution in [2.45, 2.75) is 6.61 Å². The highest BCUT2D eigenvalue weighted by Gasteiger charge is 2.13. The van der Waals surface area contributed by atoms with Crippen molar-refractivity contribution in [3.05, 3.63) is 69.0 Å². The Morgan fingerprint density at radius 2 is 1.96 bits per heavy atom. The van der Waals surface area contributed by atoms with Crippen molar-refractivity contribution in [2.75, 3.05) is 6.26 Å². The normalized spacial score (nSPS) is 11.8. The summed E-state index contributed by atoms with van der Waals surface area (Å²) in [6, 6.07) is 16.6. The molecular formula is C17H14BrNO3S. The van der Waals surface area contributed by atoms with Crippen molar-refractivity contribution in [1.82, 2.24) is 0 Å². The number of nitriles is 1. The Balaban J connectivity index is 2.35. The number of sulfone groups is 1. The summed E-state index contributed by atoms with van der Waals surface area (Å²) in [4.78, 5) is -0.305. The van der Waals surface area contributed by atoms with Gasteiger partial charge in [-0.15, -0.1) is 0 Å². The van der Waals surface area contributed by atoms with Gasteiger partial charge in [-0.3, -0.25) is 0 Å². The summed E-state index contributed by atoms with van der Waals surface area (Å²) in [5, 5.41) is 9.04. The highest BCUT2D eigenvalue weighted by atomic mass is 79.9. The molecule has 0 saturated carbocycles. The van der Waals surface area contributed by atoms with Crippen LogP contribution in [0.1, 0.15) is 11.1 Å². The molecule has 0 aliphatic rings. The molecular weight excluding hydrogens is 378 g/mol. The summed E-state index contributed by atoms with van der Waals surface area (Å²) >= 11 is 3.34. The van der Waals surface area contributed by atoms with E-state index in [1.807, 2.05) is 30.3 Å². The zero-order chi connectivity index (χ0) is 16.9. The molecule has 0 radical (unpaired) electrons. The molecule has 2 aromatic carbocycles. The second-order valence-corrected chi connectivity index (χ2v) is 7.75. The fourth-order valence-corrected chi connectivity index (χ4v) is 2.75. The van der Waals surface area contributed by atoms with Gasteiger partial charge in [0.1, 0.15) is 23.3 Å². The average Bonchev–Trinajstić information content (AvgIpc) is 2.51. The van der Waals surface area contributed by atoms with Crippen LogP contribution in [-0.4, -0.2) is 14.7 Å². The number of halogens is 1. The zero-order valence-corrected chi connectivity index (χ0v) is 14.8. The lowest BCUT2D eigenvalue weighted by Crippen LogP contribution is -2.00. The van der Waals surface area contributed by atoms with Gasteiger partial charge in [-0.05, 0) is 29.8 Å². The van der Waals surface area contributed by atoms with Gasteiger partial charge in [0.05, 0.1) is 0 Å². The molecule has 0 aliphatic heterocycles. The van der Waals surface area contributed by atoms with E-state index in [0.29, 0.717) is 17.9 Å². The molecule has 0 spiro atoms. The Hall–Kier alpha value is -2.10. The van der Waals surface area contributed by atoms with Crippen LogP contribution in [0.15, 0.2) is 57.9 Å². The van der Waals surface area contributed by atoms with Crippen molar-refractivity contribution < 1.29 is 13.2 Å². The highest BCUT2D eigenvalue weighted by molar-refractivity contribution is 9.10. The second kappa shape index (κ2) is 7.44. The molecule has 23 heavy (non-hydrogen) atoms. The maximum absolute atomic E-state index is 11.6. The Morgan fingerprint density at radius 3 is 2.57 bits per heavy atom.